The fraction of sp³-hybridized carbons (Fsp3) is 0.389. The van der Waals surface area contributed by atoms with E-state index in [1.54, 1.807) is 25.3 Å². The van der Waals surface area contributed by atoms with Gasteiger partial charge in [-0.05, 0) is 24.6 Å². The van der Waals surface area contributed by atoms with Gasteiger partial charge in [-0.25, -0.2) is 4.39 Å². The van der Waals surface area contributed by atoms with Gasteiger partial charge in [0.2, 0.25) is 0 Å². The number of aryl methyl sites for hydroxylation is 1. The summed E-state index contributed by atoms with van der Waals surface area (Å²) in [6.07, 6.45) is 1.73. The number of rotatable bonds is 6. The van der Waals surface area contributed by atoms with Crippen molar-refractivity contribution in [3.05, 3.63) is 47.4 Å². The summed E-state index contributed by atoms with van der Waals surface area (Å²) in [5.74, 6) is -0.0468. The number of ether oxygens (including phenoxy) is 1. The molecular weight excluding hydrogens is 337 g/mol. The maximum absolute atomic E-state index is 13.5. The molecule has 1 aliphatic rings. The van der Waals surface area contributed by atoms with Gasteiger partial charge < -0.3 is 20.3 Å². The van der Waals surface area contributed by atoms with Crippen molar-refractivity contribution in [3.8, 4) is 0 Å². The number of hydrogen-bond donors (Lipinski definition) is 2. The highest BCUT2D eigenvalue weighted by atomic mass is 19.1. The Labute approximate surface area is 151 Å². The molecule has 7 nitrogen and oxygen atoms in total. The summed E-state index contributed by atoms with van der Waals surface area (Å²) in [7, 11) is 0. The number of morpholine rings is 1. The molecule has 1 aliphatic heterocycles. The lowest BCUT2D eigenvalue weighted by Gasteiger charge is -2.28. The van der Waals surface area contributed by atoms with Crippen LogP contribution in [0.3, 0.4) is 0 Å². The molecule has 0 radical (unpaired) electrons. The van der Waals surface area contributed by atoms with E-state index < -0.39 is 0 Å². The van der Waals surface area contributed by atoms with Gasteiger partial charge in [-0.3, -0.25) is 4.79 Å². The highest BCUT2D eigenvalue weighted by molar-refractivity contribution is 5.94. The first-order chi connectivity index (χ1) is 12.6. The van der Waals surface area contributed by atoms with Gasteiger partial charge in [-0.15, -0.1) is 5.10 Å². The second-order valence-electron chi connectivity index (χ2n) is 6.05. The molecule has 1 amide bonds. The number of nitrogens with zero attached hydrogens (tertiary/aromatic N) is 3. The fourth-order valence-electron chi connectivity index (χ4n) is 2.64. The van der Waals surface area contributed by atoms with Crippen molar-refractivity contribution in [2.45, 2.75) is 6.92 Å². The van der Waals surface area contributed by atoms with Gasteiger partial charge in [-0.1, -0.05) is 6.07 Å². The van der Waals surface area contributed by atoms with Crippen LogP contribution in [0.2, 0.25) is 0 Å². The van der Waals surface area contributed by atoms with Crippen molar-refractivity contribution in [1.29, 1.82) is 0 Å². The monoisotopic (exact) mass is 359 g/mol. The van der Waals surface area contributed by atoms with E-state index in [1.165, 1.54) is 6.07 Å². The minimum absolute atomic E-state index is 0.307. The van der Waals surface area contributed by atoms with Gasteiger partial charge in [0.25, 0.3) is 5.91 Å². The van der Waals surface area contributed by atoms with Crippen molar-refractivity contribution in [2.24, 2.45) is 0 Å². The number of carbonyl (C=O) groups excluding carboxylic acids is 1. The minimum atomic E-state index is -0.383. The SMILES string of the molecule is Cc1ccc(C(=O)NCCNc2cc(N3CCOCC3)cnn2)cc1F. The first kappa shape index (κ1) is 18.1. The molecule has 26 heavy (non-hydrogen) atoms. The summed E-state index contributed by atoms with van der Waals surface area (Å²) in [5, 5.41) is 13.9. The smallest absolute Gasteiger partial charge is 0.251 e. The van der Waals surface area contributed by atoms with Crippen LogP contribution in [-0.2, 0) is 4.74 Å². The quantitative estimate of drug-likeness (QED) is 0.763. The maximum atomic E-state index is 13.5. The molecule has 0 spiro atoms. The molecule has 2 N–H and O–H groups in total. The summed E-state index contributed by atoms with van der Waals surface area (Å²) in [6, 6.07) is 6.37. The van der Waals surface area contributed by atoms with E-state index in [-0.39, 0.29) is 11.7 Å². The lowest BCUT2D eigenvalue weighted by molar-refractivity contribution is 0.0954. The van der Waals surface area contributed by atoms with Gasteiger partial charge in [-0.2, -0.15) is 5.10 Å². The zero-order chi connectivity index (χ0) is 18.4. The summed E-state index contributed by atoms with van der Waals surface area (Å²) in [4.78, 5) is 14.2. The highest BCUT2D eigenvalue weighted by Gasteiger charge is 2.12. The molecule has 8 heteroatoms. The third kappa shape index (κ3) is 4.66. The van der Waals surface area contributed by atoms with Crippen LogP contribution in [0.1, 0.15) is 15.9 Å². The summed E-state index contributed by atoms with van der Waals surface area (Å²) < 4.78 is 18.9. The molecule has 1 aromatic carbocycles. The van der Waals surface area contributed by atoms with Gasteiger partial charge in [0.1, 0.15) is 5.82 Å². The van der Waals surface area contributed by atoms with Crippen molar-refractivity contribution in [3.63, 3.8) is 0 Å². The summed E-state index contributed by atoms with van der Waals surface area (Å²) in [5.41, 5.74) is 1.81. The average molecular weight is 359 g/mol. The van der Waals surface area contributed by atoms with Gasteiger partial charge in [0.15, 0.2) is 5.82 Å². The first-order valence-corrected chi connectivity index (χ1v) is 8.57. The Morgan fingerprint density at radius 2 is 2.08 bits per heavy atom. The number of benzene rings is 1. The average Bonchev–Trinajstić information content (AvgIpc) is 2.68. The molecule has 0 unspecified atom stereocenters. The molecular formula is C18H22FN5O2. The van der Waals surface area contributed by atoms with E-state index in [9.17, 15) is 9.18 Å². The van der Waals surface area contributed by atoms with E-state index in [2.05, 4.69) is 25.7 Å². The Kier molecular flexibility index (Phi) is 5.96. The van der Waals surface area contributed by atoms with Crippen molar-refractivity contribution in [2.75, 3.05) is 49.6 Å². The van der Waals surface area contributed by atoms with Crippen LogP contribution in [0.5, 0.6) is 0 Å². The van der Waals surface area contributed by atoms with Gasteiger partial charge in [0.05, 0.1) is 25.1 Å². The number of halogens is 1. The molecule has 138 valence electrons. The maximum Gasteiger partial charge on any atom is 0.251 e. The Balaban J connectivity index is 1.47. The molecule has 0 atom stereocenters. The van der Waals surface area contributed by atoms with Crippen LogP contribution in [0.25, 0.3) is 0 Å². The largest absolute Gasteiger partial charge is 0.378 e. The molecule has 3 rings (SSSR count). The van der Waals surface area contributed by atoms with Crippen LogP contribution < -0.4 is 15.5 Å². The number of nitrogens with one attached hydrogen (secondary N) is 2. The highest BCUT2D eigenvalue weighted by Crippen LogP contribution is 2.16. The summed E-state index contributed by atoms with van der Waals surface area (Å²) in [6.45, 7) is 5.60. The Hall–Kier alpha value is -2.74. The Morgan fingerprint density at radius 3 is 2.85 bits per heavy atom. The van der Waals surface area contributed by atoms with E-state index in [0.29, 0.717) is 43.2 Å². The Morgan fingerprint density at radius 1 is 1.27 bits per heavy atom. The molecule has 1 saturated heterocycles. The molecule has 1 aromatic heterocycles. The van der Waals surface area contributed by atoms with E-state index in [1.807, 2.05) is 6.07 Å². The zero-order valence-electron chi connectivity index (χ0n) is 14.7. The minimum Gasteiger partial charge on any atom is -0.378 e. The third-order valence-electron chi connectivity index (χ3n) is 4.17. The van der Waals surface area contributed by atoms with Gasteiger partial charge >= 0.3 is 0 Å². The normalized spacial score (nSPS) is 14.2. The van der Waals surface area contributed by atoms with Crippen LogP contribution in [-0.4, -0.2) is 55.5 Å². The summed E-state index contributed by atoms with van der Waals surface area (Å²) >= 11 is 0. The van der Waals surface area contributed by atoms with Crippen molar-refractivity contribution < 1.29 is 13.9 Å². The molecule has 2 heterocycles. The third-order valence-corrected chi connectivity index (χ3v) is 4.17. The van der Waals surface area contributed by atoms with E-state index in [4.69, 9.17) is 4.74 Å². The zero-order valence-corrected chi connectivity index (χ0v) is 14.7. The number of anilines is 2. The number of hydrogen-bond acceptors (Lipinski definition) is 6. The second kappa shape index (κ2) is 8.57. The topological polar surface area (TPSA) is 79.4 Å². The van der Waals surface area contributed by atoms with Crippen LogP contribution in [0.4, 0.5) is 15.9 Å². The Bertz CT molecular complexity index is 765. The van der Waals surface area contributed by atoms with Crippen LogP contribution in [0, 0.1) is 12.7 Å². The van der Waals surface area contributed by atoms with Crippen molar-refractivity contribution in [1.82, 2.24) is 15.5 Å². The lowest BCUT2D eigenvalue weighted by Crippen LogP contribution is -2.36. The van der Waals surface area contributed by atoms with Gasteiger partial charge in [0, 0.05) is 37.8 Å². The number of amides is 1. The van der Waals surface area contributed by atoms with E-state index >= 15 is 0 Å². The van der Waals surface area contributed by atoms with Crippen LogP contribution in [0.15, 0.2) is 30.5 Å². The lowest BCUT2D eigenvalue weighted by atomic mass is 10.1. The molecule has 1 fully saturated rings. The fourth-order valence-corrected chi connectivity index (χ4v) is 2.64. The van der Waals surface area contributed by atoms with E-state index in [0.717, 1.165) is 18.8 Å². The standard InChI is InChI=1S/C18H22FN5O2/c1-13-2-3-14(10-16(13)19)18(25)21-5-4-20-17-11-15(12-22-23-17)24-6-8-26-9-7-24/h2-3,10-12H,4-9H2,1H3,(H,20,23)(H,21,25). The van der Waals surface area contributed by atoms with Crippen LogP contribution >= 0.6 is 0 Å². The predicted molar refractivity (Wildman–Crippen MR) is 97.0 cm³/mol. The molecule has 0 aliphatic carbocycles. The molecule has 2 aromatic rings. The van der Waals surface area contributed by atoms with Crippen molar-refractivity contribution >= 4 is 17.4 Å². The first-order valence-electron chi connectivity index (χ1n) is 8.57. The number of aromatic nitrogens is 2. The predicted octanol–water partition coefficient (Wildman–Crippen LogP) is 1.60. The molecule has 0 saturated carbocycles. The molecule has 0 bridgehead atoms. The number of carbonyl (C=O) groups is 1. The second-order valence-corrected chi connectivity index (χ2v) is 6.05.